The number of carbonyl (C=O) groups is 1. The smallest absolute Gasteiger partial charge is 0.391 e. The molecule has 0 amide bonds. The Bertz CT molecular complexity index is 316. The Morgan fingerprint density at radius 1 is 1.53 bits per heavy atom. The molecular weight excluding hydrogens is 237 g/mol. The van der Waals surface area contributed by atoms with Crippen molar-refractivity contribution in [1.29, 1.82) is 0 Å². The molecule has 3 nitrogen and oxygen atoms in total. The Balaban J connectivity index is 1.98. The van der Waals surface area contributed by atoms with Crippen LogP contribution in [-0.2, 0) is 14.3 Å². The maximum atomic E-state index is 12.6. The average molecular weight is 252 g/mol. The van der Waals surface area contributed by atoms with E-state index in [1.54, 1.807) is 6.92 Å². The fourth-order valence-corrected chi connectivity index (χ4v) is 2.57. The Morgan fingerprint density at radius 3 is 2.82 bits per heavy atom. The van der Waals surface area contributed by atoms with Crippen LogP contribution in [0, 0.1) is 5.92 Å². The highest BCUT2D eigenvalue weighted by Gasteiger charge is 2.65. The summed E-state index contributed by atoms with van der Waals surface area (Å²) < 4.78 is 47.8. The number of carbonyl (C=O) groups excluding carboxylic acids is 1. The second kappa shape index (κ2) is 4.15. The first-order chi connectivity index (χ1) is 7.89. The van der Waals surface area contributed by atoms with E-state index >= 15 is 0 Å². The molecule has 3 atom stereocenters. The lowest BCUT2D eigenvalue weighted by atomic mass is 9.79. The van der Waals surface area contributed by atoms with E-state index in [0.29, 0.717) is 12.8 Å². The second-order valence-electron chi connectivity index (χ2n) is 4.65. The first kappa shape index (κ1) is 12.7. The summed E-state index contributed by atoms with van der Waals surface area (Å²) >= 11 is 0. The van der Waals surface area contributed by atoms with Crippen LogP contribution in [0.25, 0.3) is 0 Å². The van der Waals surface area contributed by atoms with E-state index in [0.717, 1.165) is 0 Å². The van der Waals surface area contributed by atoms with Gasteiger partial charge in [-0.25, -0.2) is 4.79 Å². The van der Waals surface area contributed by atoms with Crippen LogP contribution in [0.4, 0.5) is 13.2 Å². The van der Waals surface area contributed by atoms with Crippen LogP contribution < -0.4 is 0 Å². The highest BCUT2D eigenvalue weighted by Crippen LogP contribution is 2.53. The van der Waals surface area contributed by atoms with Gasteiger partial charge < -0.3 is 9.47 Å². The lowest BCUT2D eigenvalue weighted by Crippen LogP contribution is -2.35. The first-order valence-corrected chi connectivity index (χ1v) is 5.80. The van der Waals surface area contributed by atoms with Crippen molar-refractivity contribution >= 4 is 5.97 Å². The maximum absolute atomic E-state index is 12.6. The summed E-state index contributed by atoms with van der Waals surface area (Å²) in [5.74, 6) is -1.88. The Labute approximate surface area is 97.3 Å². The third-order valence-corrected chi connectivity index (χ3v) is 3.48. The molecule has 2 rings (SSSR count). The van der Waals surface area contributed by atoms with Gasteiger partial charge in [0.1, 0.15) is 5.60 Å². The summed E-state index contributed by atoms with van der Waals surface area (Å²) in [6.07, 6.45) is -4.00. The van der Waals surface area contributed by atoms with Crippen molar-refractivity contribution in [3.63, 3.8) is 0 Å². The number of epoxide rings is 1. The van der Waals surface area contributed by atoms with E-state index in [1.165, 1.54) is 0 Å². The van der Waals surface area contributed by atoms with Crippen LogP contribution in [0.3, 0.4) is 0 Å². The van der Waals surface area contributed by atoms with Crippen LogP contribution in [0.5, 0.6) is 0 Å². The molecule has 2 aliphatic rings. The molecular formula is C11H15F3O3. The van der Waals surface area contributed by atoms with Gasteiger partial charge in [-0.15, -0.1) is 0 Å². The van der Waals surface area contributed by atoms with Gasteiger partial charge in [0.25, 0.3) is 0 Å². The van der Waals surface area contributed by atoms with E-state index in [4.69, 9.17) is 9.47 Å². The second-order valence-corrected chi connectivity index (χ2v) is 4.65. The summed E-state index contributed by atoms with van der Waals surface area (Å²) in [4.78, 5) is 11.4. The molecule has 3 unspecified atom stereocenters. The van der Waals surface area contributed by atoms with Gasteiger partial charge in [-0.2, -0.15) is 13.2 Å². The zero-order valence-electron chi connectivity index (χ0n) is 9.55. The molecule has 17 heavy (non-hydrogen) atoms. The van der Waals surface area contributed by atoms with E-state index in [9.17, 15) is 18.0 Å². The van der Waals surface area contributed by atoms with Gasteiger partial charge in [-0.1, -0.05) is 0 Å². The Morgan fingerprint density at radius 2 is 2.24 bits per heavy atom. The van der Waals surface area contributed by atoms with E-state index in [2.05, 4.69) is 0 Å². The predicted molar refractivity (Wildman–Crippen MR) is 52.3 cm³/mol. The van der Waals surface area contributed by atoms with Crippen molar-refractivity contribution in [2.75, 3.05) is 6.61 Å². The van der Waals surface area contributed by atoms with Crippen molar-refractivity contribution in [3.8, 4) is 0 Å². The van der Waals surface area contributed by atoms with Crippen molar-refractivity contribution in [3.05, 3.63) is 0 Å². The SMILES string of the molecule is CCOC(=O)C1OC12CCCC(C(F)(F)F)C2. The topological polar surface area (TPSA) is 38.8 Å². The summed E-state index contributed by atoms with van der Waals surface area (Å²) in [7, 11) is 0. The van der Waals surface area contributed by atoms with Gasteiger partial charge in [0, 0.05) is 0 Å². The van der Waals surface area contributed by atoms with Crippen LogP contribution in [0.2, 0.25) is 0 Å². The molecule has 1 aliphatic carbocycles. The molecule has 0 aromatic rings. The standard InChI is InChI=1S/C11H15F3O3/c1-2-16-9(15)8-10(17-8)5-3-4-7(6-10)11(12,13)14/h7-8H,2-6H2,1H3. The van der Waals surface area contributed by atoms with E-state index < -0.39 is 29.8 Å². The minimum atomic E-state index is -4.20. The van der Waals surface area contributed by atoms with Crippen LogP contribution in [-0.4, -0.2) is 30.5 Å². The molecule has 0 bridgehead atoms. The Kier molecular flexibility index (Phi) is 3.10. The minimum absolute atomic E-state index is 0.111. The number of rotatable bonds is 2. The van der Waals surface area contributed by atoms with Crippen molar-refractivity contribution in [2.24, 2.45) is 5.92 Å². The van der Waals surface area contributed by atoms with Crippen molar-refractivity contribution < 1.29 is 27.4 Å². The summed E-state index contributed by atoms with van der Waals surface area (Å²) in [5, 5.41) is 0. The fourth-order valence-electron chi connectivity index (χ4n) is 2.57. The number of ether oxygens (including phenoxy) is 2. The highest BCUT2D eigenvalue weighted by molar-refractivity contribution is 5.79. The molecule has 0 N–H and O–H groups in total. The quantitative estimate of drug-likeness (QED) is 0.559. The average Bonchev–Trinajstić information content (AvgIpc) is 2.91. The zero-order valence-corrected chi connectivity index (χ0v) is 9.55. The van der Waals surface area contributed by atoms with Crippen LogP contribution in [0.15, 0.2) is 0 Å². The van der Waals surface area contributed by atoms with E-state index in [-0.39, 0.29) is 19.4 Å². The number of hydrogen-bond donors (Lipinski definition) is 0. The zero-order chi connectivity index (χ0) is 12.7. The van der Waals surface area contributed by atoms with Crippen LogP contribution in [0.1, 0.15) is 32.6 Å². The largest absolute Gasteiger partial charge is 0.464 e. The van der Waals surface area contributed by atoms with Gasteiger partial charge in [-0.3, -0.25) is 0 Å². The number of alkyl halides is 3. The Hall–Kier alpha value is -0.780. The van der Waals surface area contributed by atoms with Crippen molar-refractivity contribution in [2.45, 2.75) is 50.5 Å². The lowest BCUT2D eigenvalue weighted by Gasteiger charge is -2.28. The molecule has 98 valence electrons. The predicted octanol–water partition coefficient (Wildman–Crippen LogP) is 2.44. The molecule has 1 heterocycles. The monoisotopic (exact) mass is 252 g/mol. The van der Waals surface area contributed by atoms with Gasteiger partial charge in [0.2, 0.25) is 0 Å². The molecule has 0 radical (unpaired) electrons. The number of esters is 1. The van der Waals surface area contributed by atoms with Crippen molar-refractivity contribution in [1.82, 2.24) is 0 Å². The van der Waals surface area contributed by atoms with E-state index in [1.807, 2.05) is 0 Å². The lowest BCUT2D eigenvalue weighted by molar-refractivity contribution is -0.187. The van der Waals surface area contributed by atoms with Crippen LogP contribution >= 0.6 is 0 Å². The first-order valence-electron chi connectivity index (χ1n) is 5.80. The molecule has 0 aromatic carbocycles. The third-order valence-electron chi connectivity index (χ3n) is 3.48. The van der Waals surface area contributed by atoms with Gasteiger partial charge in [0.15, 0.2) is 6.10 Å². The van der Waals surface area contributed by atoms with Gasteiger partial charge in [-0.05, 0) is 32.6 Å². The van der Waals surface area contributed by atoms with Gasteiger partial charge >= 0.3 is 12.1 Å². The molecule has 0 aromatic heterocycles. The summed E-state index contributed by atoms with van der Waals surface area (Å²) in [6, 6.07) is 0. The molecule has 1 spiro atoms. The molecule has 2 fully saturated rings. The third kappa shape index (κ3) is 2.41. The normalized spacial score (nSPS) is 36.9. The molecule has 6 heteroatoms. The fraction of sp³-hybridized carbons (Fsp3) is 0.909. The summed E-state index contributed by atoms with van der Waals surface area (Å²) in [5.41, 5.74) is -0.898. The number of halogens is 3. The minimum Gasteiger partial charge on any atom is -0.464 e. The molecule has 1 saturated heterocycles. The molecule has 1 aliphatic heterocycles. The maximum Gasteiger partial charge on any atom is 0.391 e. The highest BCUT2D eigenvalue weighted by atomic mass is 19.4. The summed E-state index contributed by atoms with van der Waals surface area (Å²) in [6.45, 7) is 1.88. The molecule has 1 saturated carbocycles. The number of hydrogen-bond acceptors (Lipinski definition) is 3. The van der Waals surface area contributed by atoms with Gasteiger partial charge in [0.05, 0.1) is 12.5 Å².